The van der Waals surface area contributed by atoms with Crippen molar-refractivity contribution in [3.8, 4) is 11.1 Å². The Balaban J connectivity index is 1.14. The molecule has 1 aliphatic carbocycles. The minimum atomic E-state index is -1.01. The van der Waals surface area contributed by atoms with Gasteiger partial charge in [0.25, 0.3) is 0 Å². The second kappa shape index (κ2) is 18.1. The third-order valence-corrected chi connectivity index (χ3v) is 9.75. The highest BCUT2D eigenvalue weighted by Gasteiger charge is 2.32. The fourth-order valence-electron chi connectivity index (χ4n) is 6.97. The number of aliphatic hydroxyl groups is 1. The number of carbonyl (C=O) groups is 4. The SMILES string of the molecule is O=C(N[C@H]1CCC=CC[C@H](CC(=O)N(CCO)Cc2ccccc2)C(=O)NC[C@H](c2ccccc2)OC1=O)OCC1c2ccccc2-c2ccccc21. The molecule has 53 heavy (non-hydrogen) atoms. The zero-order chi connectivity index (χ0) is 37.0. The summed E-state index contributed by atoms with van der Waals surface area (Å²) in [6.45, 7) is 0.313. The molecule has 4 aromatic carbocycles. The highest BCUT2D eigenvalue weighted by molar-refractivity contribution is 5.86. The smallest absolute Gasteiger partial charge is 0.407 e. The lowest BCUT2D eigenvalue weighted by atomic mass is 9.98. The van der Waals surface area contributed by atoms with Crippen molar-refractivity contribution in [1.82, 2.24) is 15.5 Å². The van der Waals surface area contributed by atoms with Crippen molar-refractivity contribution in [2.75, 3.05) is 26.3 Å². The van der Waals surface area contributed by atoms with Crippen molar-refractivity contribution in [3.05, 3.63) is 144 Å². The Morgan fingerprint density at radius 2 is 1.49 bits per heavy atom. The van der Waals surface area contributed by atoms with Gasteiger partial charge in [-0.3, -0.25) is 9.59 Å². The number of ether oxygens (including phenoxy) is 2. The summed E-state index contributed by atoms with van der Waals surface area (Å²) in [7, 11) is 0. The quantitative estimate of drug-likeness (QED) is 0.134. The number of hydrogen-bond acceptors (Lipinski definition) is 7. The largest absolute Gasteiger partial charge is 0.454 e. The number of nitrogens with zero attached hydrogens (tertiary/aromatic N) is 1. The summed E-state index contributed by atoms with van der Waals surface area (Å²) < 4.78 is 11.7. The molecule has 4 aromatic rings. The van der Waals surface area contributed by atoms with Gasteiger partial charge in [0.2, 0.25) is 11.8 Å². The van der Waals surface area contributed by atoms with E-state index in [0.717, 1.165) is 27.8 Å². The van der Waals surface area contributed by atoms with Gasteiger partial charge in [0.1, 0.15) is 18.8 Å². The van der Waals surface area contributed by atoms with E-state index >= 15 is 0 Å². The molecule has 2 aliphatic rings. The van der Waals surface area contributed by atoms with Crippen LogP contribution in [0.15, 0.2) is 121 Å². The van der Waals surface area contributed by atoms with Gasteiger partial charge in [-0.05, 0) is 52.6 Å². The Morgan fingerprint density at radius 3 is 2.17 bits per heavy atom. The van der Waals surface area contributed by atoms with E-state index in [1.54, 1.807) is 17.0 Å². The summed E-state index contributed by atoms with van der Waals surface area (Å²) in [6, 6.07) is 33.7. The van der Waals surface area contributed by atoms with Crippen LogP contribution in [0.25, 0.3) is 11.1 Å². The number of cyclic esters (lactones) is 1. The first-order valence-electron chi connectivity index (χ1n) is 18.1. The molecule has 0 spiro atoms. The summed E-state index contributed by atoms with van der Waals surface area (Å²) >= 11 is 0. The molecule has 3 N–H and O–H groups in total. The summed E-state index contributed by atoms with van der Waals surface area (Å²) in [4.78, 5) is 55.6. The van der Waals surface area contributed by atoms with E-state index in [-0.39, 0.29) is 63.3 Å². The molecular weight excluding hydrogens is 670 g/mol. The molecule has 0 fully saturated rings. The van der Waals surface area contributed by atoms with Gasteiger partial charge >= 0.3 is 12.1 Å². The Labute approximate surface area is 309 Å². The van der Waals surface area contributed by atoms with E-state index in [1.807, 2.05) is 97.1 Å². The first kappa shape index (κ1) is 37.0. The van der Waals surface area contributed by atoms with Crippen molar-refractivity contribution in [3.63, 3.8) is 0 Å². The highest BCUT2D eigenvalue weighted by Crippen LogP contribution is 2.44. The van der Waals surface area contributed by atoms with Gasteiger partial charge in [0, 0.05) is 25.4 Å². The van der Waals surface area contributed by atoms with Crippen LogP contribution in [0.3, 0.4) is 0 Å². The average Bonchev–Trinajstić information content (AvgIpc) is 3.51. The molecule has 1 heterocycles. The number of alkyl carbamates (subject to hydrolysis) is 1. The van der Waals surface area contributed by atoms with Crippen molar-refractivity contribution in [1.29, 1.82) is 0 Å². The summed E-state index contributed by atoms with van der Waals surface area (Å²) in [6.07, 6.45) is 2.93. The van der Waals surface area contributed by atoms with Crippen LogP contribution in [0.1, 0.15) is 60.0 Å². The van der Waals surface area contributed by atoms with Gasteiger partial charge in [-0.2, -0.15) is 0 Å². The third-order valence-electron chi connectivity index (χ3n) is 9.75. The van der Waals surface area contributed by atoms with Crippen molar-refractivity contribution in [2.24, 2.45) is 5.92 Å². The number of nitrogens with one attached hydrogen (secondary N) is 2. The molecule has 0 saturated carbocycles. The van der Waals surface area contributed by atoms with E-state index in [9.17, 15) is 24.3 Å². The van der Waals surface area contributed by atoms with Crippen LogP contribution in [0, 0.1) is 5.92 Å². The fourth-order valence-corrected chi connectivity index (χ4v) is 6.97. The van der Waals surface area contributed by atoms with Crippen LogP contribution < -0.4 is 10.6 Å². The summed E-state index contributed by atoms with van der Waals surface area (Å²) in [5.41, 5.74) is 5.98. The molecular formula is C43H45N3O7. The van der Waals surface area contributed by atoms with Crippen molar-refractivity contribution in [2.45, 2.75) is 50.3 Å². The number of amides is 3. The lowest BCUT2D eigenvalue weighted by Gasteiger charge is -2.25. The van der Waals surface area contributed by atoms with Crippen LogP contribution in [0.4, 0.5) is 4.79 Å². The lowest BCUT2D eigenvalue weighted by molar-refractivity contribution is -0.152. The predicted octanol–water partition coefficient (Wildman–Crippen LogP) is 6.06. The fraction of sp³-hybridized carbons (Fsp3) is 0.302. The molecule has 0 bridgehead atoms. The zero-order valence-corrected chi connectivity index (χ0v) is 29.6. The second-order valence-electron chi connectivity index (χ2n) is 13.3. The van der Waals surface area contributed by atoms with Gasteiger partial charge in [0.05, 0.1) is 19.1 Å². The molecule has 6 rings (SSSR count). The number of benzene rings is 4. The molecule has 0 saturated heterocycles. The maximum absolute atomic E-state index is 13.7. The standard InChI is InChI=1S/C43H45N3O7/c47-25-24-46(28-30-14-4-1-5-15-30)40(48)26-32-18-8-3-9-23-38(42(50)53-39(27-44-41(32)49)31-16-6-2-7-17-31)45-43(51)52-29-37-35-21-12-10-19-33(35)34-20-11-13-22-36(34)37/h1-8,10-17,19-22,32,37-39,47H,9,18,23-29H2,(H,44,49)(H,45,51)/t32-,38+,39-/m1/s1. The average molecular weight is 716 g/mol. The Hall–Kier alpha value is -5.74. The molecule has 10 heteroatoms. The molecule has 3 atom stereocenters. The number of rotatable bonds is 10. The van der Waals surface area contributed by atoms with E-state index in [1.165, 1.54) is 0 Å². The number of hydrogen-bond donors (Lipinski definition) is 3. The van der Waals surface area contributed by atoms with Crippen LogP contribution in [-0.2, 0) is 30.4 Å². The molecule has 0 unspecified atom stereocenters. The van der Waals surface area contributed by atoms with Gasteiger partial charge < -0.3 is 30.1 Å². The molecule has 0 radical (unpaired) electrons. The minimum absolute atomic E-state index is 0.0367. The molecule has 1 aliphatic heterocycles. The van der Waals surface area contributed by atoms with Gasteiger partial charge in [-0.15, -0.1) is 0 Å². The predicted molar refractivity (Wildman–Crippen MR) is 200 cm³/mol. The van der Waals surface area contributed by atoms with E-state index in [4.69, 9.17) is 9.47 Å². The van der Waals surface area contributed by atoms with Crippen LogP contribution in [0.2, 0.25) is 0 Å². The monoisotopic (exact) mass is 715 g/mol. The number of aliphatic hydroxyl groups excluding tert-OH is 1. The van der Waals surface area contributed by atoms with Gasteiger partial charge in [0.15, 0.2) is 0 Å². The molecule has 10 nitrogen and oxygen atoms in total. The highest BCUT2D eigenvalue weighted by atomic mass is 16.6. The number of fused-ring (bicyclic) bond motifs is 3. The first-order valence-corrected chi connectivity index (χ1v) is 18.1. The van der Waals surface area contributed by atoms with Crippen LogP contribution >= 0.6 is 0 Å². The van der Waals surface area contributed by atoms with E-state index < -0.39 is 30.1 Å². The zero-order valence-electron chi connectivity index (χ0n) is 29.6. The number of allylic oxidation sites excluding steroid dienone is 2. The number of esters is 1. The normalized spacial score (nSPS) is 18.9. The van der Waals surface area contributed by atoms with Gasteiger partial charge in [-0.25, -0.2) is 9.59 Å². The Kier molecular flexibility index (Phi) is 12.7. The van der Waals surface area contributed by atoms with Crippen LogP contribution in [-0.4, -0.2) is 66.2 Å². The molecule has 3 amide bonds. The van der Waals surface area contributed by atoms with Gasteiger partial charge in [-0.1, -0.05) is 121 Å². The Bertz CT molecular complexity index is 1850. The van der Waals surface area contributed by atoms with Crippen molar-refractivity contribution < 1.29 is 33.8 Å². The first-order chi connectivity index (χ1) is 25.9. The maximum atomic E-state index is 13.7. The summed E-state index contributed by atoms with van der Waals surface area (Å²) in [5, 5.41) is 15.3. The number of carbonyl (C=O) groups excluding carboxylic acids is 4. The topological polar surface area (TPSA) is 134 Å². The molecule has 0 aromatic heterocycles. The maximum Gasteiger partial charge on any atom is 0.407 e. The Morgan fingerprint density at radius 1 is 0.849 bits per heavy atom. The van der Waals surface area contributed by atoms with E-state index in [0.29, 0.717) is 18.5 Å². The molecule has 274 valence electrons. The van der Waals surface area contributed by atoms with Crippen LogP contribution in [0.5, 0.6) is 0 Å². The third kappa shape index (κ3) is 9.58. The lowest BCUT2D eigenvalue weighted by Crippen LogP contribution is -2.44. The van der Waals surface area contributed by atoms with Crippen molar-refractivity contribution >= 4 is 23.9 Å². The summed E-state index contributed by atoms with van der Waals surface area (Å²) in [5.74, 6) is -2.08. The second-order valence-corrected chi connectivity index (χ2v) is 13.3. The minimum Gasteiger partial charge on any atom is -0.454 e. The van der Waals surface area contributed by atoms with E-state index in [2.05, 4.69) is 22.8 Å².